The number of para-hydroxylation sites is 1. The van der Waals surface area contributed by atoms with Gasteiger partial charge in [0.05, 0.1) is 26.6 Å². The second-order valence-electron chi connectivity index (χ2n) is 8.01. The second-order valence-corrected chi connectivity index (χ2v) is 9.89. The molecule has 0 saturated heterocycles. The zero-order valence-corrected chi connectivity index (χ0v) is 21.4. The van der Waals surface area contributed by atoms with Crippen LogP contribution >= 0.6 is 35.0 Å². The van der Waals surface area contributed by atoms with Crippen LogP contribution in [-0.4, -0.2) is 34.3 Å². The van der Waals surface area contributed by atoms with E-state index in [-0.39, 0.29) is 11.5 Å². The summed E-state index contributed by atoms with van der Waals surface area (Å²) < 4.78 is 1.58. The molecule has 0 aliphatic heterocycles. The quantitative estimate of drug-likeness (QED) is 0.174. The number of halogens is 2. The van der Waals surface area contributed by atoms with Crippen LogP contribution in [0.25, 0.3) is 16.6 Å². The van der Waals surface area contributed by atoms with Crippen molar-refractivity contribution in [1.29, 1.82) is 0 Å². The van der Waals surface area contributed by atoms with Gasteiger partial charge in [-0.3, -0.25) is 14.2 Å². The Kier molecular flexibility index (Phi) is 10.7. The normalized spacial score (nSPS) is 11.1. The summed E-state index contributed by atoms with van der Waals surface area (Å²) in [6.07, 6.45) is 6.33. The van der Waals surface area contributed by atoms with Crippen LogP contribution in [0.2, 0.25) is 10.0 Å². The van der Waals surface area contributed by atoms with E-state index in [0.717, 1.165) is 57.4 Å². The Bertz CT molecular complexity index is 1170. The smallest absolute Gasteiger partial charge is 0.266 e. The van der Waals surface area contributed by atoms with Crippen molar-refractivity contribution in [2.75, 3.05) is 18.8 Å². The first kappa shape index (κ1) is 26.5. The number of benzene rings is 2. The number of nitrogens with two attached hydrogens (primary N) is 1. The molecule has 1 amide bonds. The average Bonchev–Trinajstić information content (AvgIpc) is 2.83. The predicted octanol–water partition coefficient (Wildman–Crippen LogP) is 5.59. The van der Waals surface area contributed by atoms with E-state index < -0.39 is 0 Å². The minimum Gasteiger partial charge on any atom is -0.356 e. The van der Waals surface area contributed by atoms with Crippen molar-refractivity contribution < 1.29 is 4.79 Å². The Hall–Kier alpha value is -2.06. The van der Waals surface area contributed by atoms with Crippen LogP contribution in [0.1, 0.15) is 44.9 Å². The molecule has 0 fully saturated rings. The first-order valence-corrected chi connectivity index (χ1v) is 13.3. The number of aromatic nitrogens is 2. The topological polar surface area (TPSA) is 90.0 Å². The number of nitrogens with zero attached hydrogens (tertiary/aromatic N) is 2. The summed E-state index contributed by atoms with van der Waals surface area (Å²) in [6, 6.07) is 12.4. The molecule has 0 aliphatic rings. The molecule has 34 heavy (non-hydrogen) atoms. The Morgan fingerprint density at radius 1 is 1.00 bits per heavy atom. The number of fused-ring (bicyclic) bond motifs is 1. The Morgan fingerprint density at radius 2 is 1.79 bits per heavy atom. The number of nitrogens with one attached hydrogen (secondary N) is 1. The molecule has 0 spiro atoms. The van der Waals surface area contributed by atoms with Gasteiger partial charge < -0.3 is 11.1 Å². The molecule has 0 saturated carbocycles. The molecule has 3 N–H and O–H groups in total. The van der Waals surface area contributed by atoms with Crippen molar-refractivity contribution in [3.05, 3.63) is 62.9 Å². The van der Waals surface area contributed by atoms with Gasteiger partial charge in [0.15, 0.2) is 5.16 Å². The Labute approximate surface area is 214 Å². The molecule has 0 atom stereocenters. The lowest BCUT2D eigenvalue weighted by Crippen LogP contribution is -2.24. The summed E-state index contributed by atoms with van der Waals surface area (Å²) in [6.45, 7) is 1.44. The van der Waals surface area contributed by atoms with Gasteiger partial charge >= 0.3 is 0 Å². The van der Waals surface area contributed by atoms with Crippen molar-refractivity contribution in [2.24, 2.45) is 5.73 Å². The van der Waals surface area contributed by atoms with Crippen molar-refractivity contribution >= 4 is 51.8 Å². The lowest BCUT2D eigenvalue weighted by atomic mass is 10.2. The lowest BCUT2D eigenvalue weighted by Gasteiger charge is -2.14. The number of carbonyl (C=O) groups excluding carboxylic acids is 1. The summed E-state index contributed by atoms with van der Waals surface area (Å²) >= 11 is 13.8. The molecule has 6 nitrogen and oxygen atoms in total. The standard InChI is InChI=1S/C25H30Cl2N4O2S/c26-20-13-12-18(17-21(20)27)31-24(33)19-9-3-4-10-22(19)30-25(31)34-16-8-5-11-23(32)29-15-7-2-1-6-14-28/h3-4,9-10,12-13,17H,1-2,5-8,11,14-16,28H2,(H,29,32). The fraction of sp³-hybridized carbons (Fsp3) is 0.400. The molecule has 0 radical (unpaired) electrons. The highest BCUT2D eigenvalue weighted by atomic mass is 35.5. The number of rotatable bonds is 13. The average molecular weight is 522 g/mol. The maximum absolute atomic E-state index is 13.3. The van der Waals surface area contributed by atoms with Crippen LogP contribution in [0.5, 0.6) is 0 Å². The number of hydrogen-bond acceptors (Lipinski definition) is 5. The fourth-order valence-electron chi connectivity index (χ4n) is 3.55. The first-order valence-electron chi connectivity index (χ1n) is 11.6. The first-order chi connectivity index (χ1) is 16.5. The van der Waals surface area contributed by atoms with Gasteiger partial charge in [-0.25, -0.2) is 4.98 Å². The van der Waals surface area contributed by atoms with E-state index in [9.17, 15) is 9.59 Å². The van der Waals surface area contributed by atoms with Gasteiger partial charge in [0.25, 0.3) is 5.56 Å². The van der Waals surface area contributed by atoms with Crippen LogP contribution < -0.4 is 16.6 Å². The van der Waals surface area contributed by atoms with Gasteiger partial charge in [0, 0.05) is 18.7 Å². The van der Waals surface area contributed by atoms with E-state index >= 15 is 0 Å². The van der Waals surface area contributed by atoms with E-state index in [1.54, 1.807) is 28.8 Å². The molecule has 0 bridgehead atoms. The van der Waals surface area contributed by atoms with Crippen molar-refractivity contribution in [1.82, 2.24) is 14.9 Å². The van der Waals surface area contributed by atoms with Gasteiger partial charge in [-0.15, -0.1) is 0 Å². The van der Waals surface area contributed by atoms with Crippen LogP contribution in [0, 0.1) is 0 Å². The van der Waals surface area contributed by atoms with Crippen molar-refractivity contribution in [3.63, 3.8) is 0 Å². The Balaban J connectivity index is 1.59. The molecular weight excluding hydrogens is 491 g/mol. The molecule has 1 heterocycles. The molecule has 3 rings (SSSR count). The van der Waals surface area contributed by atoms with E-state index in [1.165, 1.54) is 11.8 Å². The maximum Gasteiger partial charge on any atom is 0.266 e. The van der Waals surface area contributed by atoms with E-state index in [0.29, 0.717) is 38.2 Å². The number of amides is 1. The fourth-order valence-corrected chi connectivity index (χ4v) is 4.85. The zero-order chi connectivity index (χ0) is 24.3. The Morgan fingerprint density at radius 3 is 2.59 bits per heavy atom. The van der Waals surface area contributed by atoms with E-state index in [1.807, 2.05) is 18.2 Å². The zero-order valence-electron chi connectivity index (χ0n) is 19.1. The minimum atomic E-state index is -0.155. The minimum absolute atomic E-state index is 0.0837. The molecule has 1 aromatic heterocycles. The molecule has 2 aromatic carbocycles. The van der Waals surface area contributed by atoms with Crippen LogP contribution in [0.3, 0.4) is 0 Å². The summed E-state index contributed by atoms with van der Waals surface area (Å²) in [5, 5.41) is 4.91. The van der Waals surface area contributed by atoms with Crippen LogP contribution in [-0.2, 0) is 4.79 Å². The molecule has 182 valence electrons. The summed E-state index contributed by atoms with van der Waals surface area (Å²) in [4.78, 5) is 30.0. The molecular formula is C25H30Cl2N4O2S. The largest absolute Gasteiger partial charge is 0.356 e. The van der Waals surface area contributed by atoms with Gasteiger partial charge in [0.1, 0.15) is 0 Å². The maximum atomic E-state index is 13.3. The summed E-state index contributed by atoms with van der Waals surface area (Å²) in [5.74, 6) is 0.818. The third-order valence-corrected chi connectivity index (χ3v) is 7.15. The third-order valence-electron chi connectivity index (χ3n) is 5.39. The summed E-state index contributed by atoms with van der Waals surface area (Å²) in [7, 11) is 0. The van der Waals surface area contributed by atoms with Gasteiger partial charge in [-0.1, -0.05) is 59.9 Å². The SMILES string of the molecule is NCCCCCCNC(=O)CCCCSc1nc2ccccc2c(=O)n1-c1ccc(Cl)c(Cl)c1. The number of carbonyl (C=O) groups is 1. The van der Waals surface area contributed by atoms with Gasteiger partial charge in [-0.05, 0) is 62.6 Å². The van der Waals surface area contributed by atoms with E-state index in [4.69, 9.17) is 33.9 Å². The highest BCUT2D eigenvalue weighted by Gasteiger charge is 2.14. The number of hydrogen-bond donors (Lipinski definition) is 2. The predicted molar refractivity (Wildman–Crippen MR) is 142 cm³/mol. The second kappa shape index (κ2) is 13.7. The monoisotopic (exact) mass is 520 g/mol. The number of unbranched alkanes of at least 4 members (excludes halogenated alkanes) is 4. The third kappa shape index (κ3) is 7.47. The highest BCUT2D eigenvalue weighted by Crippen LogP contribution is 2.27. The molecule has 9 heteroatoms. The lowest BCUT2D eigenvalue weighted by molar-refractivity contribution is -0.121. The van der Waals surface area contributed by atoms with Crippen molar-refractivity contribution in [2.45, 2.75) is 50.1 Å². The van der Waals surface area contributed by atoms with Crippen molar-refractivity contribution in [3.8, 4) is 5.69 Å². The van der Waals surface area contributed by atoms with Gasteiger partial charge in [-0.2, -0.15) is 0 Å². The molecule has 3 aromatic rings. The van der Waals surface area contributed by atoms with Crippen LogP contribution in [0.4, 0.5) is 0 Å². The summed E-state index contributed by atoms with van der Waals surface area (Å²) in [5.41, 5.74) is 6.60. The number of thioether (sulfide) groups is 1. The van der Waals surface area contributed by atoms with Gasteiger partial charge in [0.2, 0.25) is 5.91 Å². The van der Waals surface area contributed by atoms with E-state index in [2.05, 4.69) is 5.32 Å². The highest BCUT2D eigenvalue weighted by molar-refractivity contribution is 7.99. The van der Waals surface area contributed by atoms with Crippen LogP contribution in [0.15, 0.2) is 52.4 Å². The molecule has 0 aliphatic carbocycles. The molecule has 0 unspecified atom stereocenters.